The molecule has 0 spiro atoms. The van der Waals surface area contributed by atoms with E-state index >= 15 is 0 Å². The second-order valence-corrected chi connectivity index (χ2v) is 5.02. The lowest BCUT2D eigenvalue weighted by Gasteiger charge is -2.12. The van der Waals surface area contributed by atoms with Gasteiger partial charge < -0.3 is 14.4 Å². The van der Waals surface area contributed by atoms with E-state index in [4.69, 9.17) is 4.74 Å². The number of aliphatic hydroxyl groups excluding tert-OH is 1. The highest BCUT2D eigenvalue weighted by Crippen LogP contribution is 2.17. The molecule has 1 aromatic carbocycles. The number of ether oxygens (including phenoxy) is 1. The van der Waals surface area contributed by atoms with Crippen molar-refractivity contribution in [1.29, 1.82) is 0 Å². The van der Waals surface area contributed by atoms with Gasteiger partial charge in [0.2, 0.25) is 0 Å². The highest BCUT2D eigenvalue weighted by Gasteiger charge is 2.13. The first-order chi connectivity index (χ1) is 9.76. The summed E-state index contributed by atoms with van der Waals surface area (Å²) in [4.78, 5) is 4.63. The van der Waals surface area contributed by atoms with Crippen molar-refractivity contribution >= 4 is 11.0 Å². The Hall–Kier alpha value is -1.39. The number of aromatic nitrogens is 2. The predicted molar refractivity (Wildman–Crippen MR) is 80.8 cm³/mol. The minimum Gasteiger partial charge on any atom is -0.393 e. The molecule has 2 rings (SSSR count). The van der Waals surface area contributed by atoms with Crippen LogP contribution in [-0.2, 0) is 17.7 Å². The Morgan fingerprint density at radius 2 is 2.05 bits per heavy atom. The second kappa shape index (κ2) is 7.41. The van der Waals surface area contributed by atoms with Crippen LogP contribution in [0.5, 0.6) is 0 Å². The first-order valence-corrected chi connectivity index (χ1v) is 7.46. The van der Waals surface area contributed by atoms with Crippen molar-refractivity contribution in [3.05, 3.63) is 30.1 Å². The molecule has 0 aliphatic carbocycles. The molecular weight excluding hydrogens is 252 g/mol. The lowest BCUT2D eigenvalue weighted by molar-refractivity contribution is 0.0812. The van der Waals surface area contributed by atoms with E-state index in [0.29, 0.717) is 19.4 Å². The Labute approximate surface area is 120 Å². The summed E-state index contributed by atoms with van der Waals surface area (Å²) in [5.41, 5.74) is 2.14. The van der Waals surface area contributed by atoms with Crippen molar-refractivity contribution in [2.75, 3.05) is 13.2 Å². The van der Waals surface area contributed by atoms with Crippen LogP contribution in [0.4, 0.5) is 0 Å². The summed E-state index contributed by atoms with van der Waals surface area (Å²) in [5.74, 6) is 0.955. The molecule has 0 aliphatic heterocycles. The summed E-state index contributed by atoms with van der Waals surface area (Å²) >= 11 is 0. The number of hydrogen-bond donors (Lipinski definition) is 1. The van der Waals surface area contributed by atoms with E-state index in [0.717, 1.165) is 36.4 Å². The smallest absolute Gasteiger partial charge is 0.112 e. The van der Waals surface area contributed by atoms with Gasteiger partial charge in [0.15, 0.2) is 0 Å². The molecule has 1 heterocycles. The van der Waals surface area contributed by atoms with E-state index in [1.165, 1.54) is 0 Å². The van der Waals surface area contributed by atoms with Crippen LogP contribution >= 0.6 is 0 Å². The Morgan fingerprint density at radius 1 is 1.25 bits per heavy atom. The third-order valence-corrected chi connectivity index (χ3v) is 3.41. The number of imidazole rings is 1. The molecule has 0 saturated heterocycles. The van der Waals surface area contributed by atoms with Gasteiger partial charge in [0.1, 0.15) is 5.82 Å². The van der Waals surface area contributed by atoms with Gasteiger partial charge in [0, 0.05) is 26.2 Å². The minimum absolute atomic E-state index is 0.394. The number of hydrogen-bond acceptors (Lipinski definition) is 3. The van der Waals surface area contributed by atoms with Gasteiger partial charge in [-0.15, -0.1) is 0 Å². The summed E-state index contributed by atoms with van der Waals surface area (Å²) < 4.78 is 7.59. The molecule has 1 N–H and O–H groups in total. The van der Waals surface area contributed by atoms with Gasteiger partial charge in [0.25, 0.3) is 0 Å². The van der Waals surface area contributed by atoms with Crippen molar-refractivity contribution in [3.8, 4) is 0 Å². The molecule has 0 saturated carbocycles. The van der Waals surface area contributed by atoms with E-state index in [1.54, 1.807) is 0 Å². The summed E-state index contributed by atoms with van der Waals surface area (Å²) in [6, 6.07) is 8.11. The predicted octanol–water partition coefficient (Wildman–Crippen LogP) is 2.78. The fourth-order valence-corrected chi connectivity index (χ4v) is 2.41. The summed E-state index contributed by atoms with van der Waals surface area (Å²) in [5, 5.41) is 10.1. The van der Waals surface area contributed by atoms with Crippen LogP contribution in [0.15, 0.2) is 24.3 Å². The van der Waals surface area contributed by atoms with Crippen molar-refractivity contribution in [3.63, 3.8) is 0 Å². The zero-order valence-electron chi connectivity index (χ0n) is 12.4. The summed E-state index contributed by atoms with van der Waals surface area (Å²) in [6.45, 7) is 6.44. The third-order valence-electron chi connectivity index (χ3n) is 3.41. The van der Waals surface area contributed by atoms with Gasteiger partial charge in [-0.05, 0) is 31.9 Å². The Bertz CT molecular complexity index is 536. The minimum atomic E-state index is -0.394. The number of fused-ring (bicyclic) bond motifs is 1. The van der Waals surface area contributed by atoms with Gasteiger partial charge in [-0.2, -0.15) is 0 Å². The fraction of sp³-hybridized carbons (Fsp3) is 0.562. The molecule has 1 unspecified atom stereocenters. The van der Waals surface area contributed by atoms with Crippen LogP contribution in [0, 0.1) is 0 Å². The topological polar surface area (TPSA) is 47.3 Å². The van der Waals surface area contributed by atoms with Gasteiger partial charge in [-0.3, -0.25) is 0 Å². The van der Waals surface area contributed by atoms with Gasteiger partial charge in [-0.1, -0.05) is 19.1 Å². The normalized spacial score (nSPS) is 12.9. The van der Waals surface area contributed by atoms with Gasteiger partial charge >= 0.3 is 0 Å². The summed E-state index contributed by atoms with van der Waals surface area (Å²) in [7, 11) is 0. The second-order valence-electron chi connectivity index (χ2n) is 5.02. The molecule has 0 aliphatic rings. The van der Waals surface area contributed by atoms with E-state index in [2.05, 4.69) is 29.5 Å². The molecule has 0 amide bonds. The largest absolute Gasteiger partial charge is 0.393 e. The molecule has 110 valence electrons. The number of rotatable bonds is 8. The van der Waals surface area contributed by atoms with Crippen LogP contribution in [0.1, 0.15) is 32.5 Å². The van der Waals surface area contributed by atoms with Crippen LogP contribution < -0.4 is 0 Å². The standard InChI is InChI=1S/C16H24N2O2/c1-3-10-20-11-9-13(19)12-16-17-14-7-5-6-8-15(14)18(16)4-2/h5-8,13,19H,3-4,9-12H2,1-2H3. The number of aliphatic hydroxyl groups is 1. The number of para-hydroxylation sites is 2. The van der Waals surface area contributed by atoms with E-state index in [9.17, 15) is 5.11 Å². The maximum absolute atomic E-state index is 10.1. The van der Waals surface area contributed by atoms with Gasteiger partial charge in [-0.25, -0.2) is 4.98 Å². The third kappa shape index (κ3) is 3.58. The number of nitrogens with zero attached hydrogens (tertiary/aromatic N) is 2. The number of aryl methyl sites for hydroxylation is 1. The molecular formula is C16H24N2O2. The lowest BCUT2D eigenvalue weighted by Crippen LogP contribution is -2.17. The average Bonchev–Trinajstić information content (AvgIpc) is 2.80. The first kappa shape index (κ1) is 15.0. The molecule has 2 aromatic rings. The number of benzene rings is 1. The SMILES string of the molecule is CCCOCCC(O)Cc1nc2ccccc2n1CC. The van der Waals surface area contributed by atoms with E-state index in [1.807, 2.05) is 18.2 Å². The molecule has 0 radical (unpaired) electrons. The van der Waals surface area contributed by atoms with Crippen molar-refractivity contribution in [2.45, 2.75) is 45.8 Å². The zero-order valence-corrected chi connectivity index (χ0v) is 12.4. The van der Waals surface area contributed by atoms with Crippen molar-refractivity contribution in [1.82, 2.24) is 9.55 Å². The monoisotopic (exact) mass is 276 g/mol. The lowest BCUT2D eigenvalue weighted by atomic mass is 10.2. The van der Waals surface area contributed by atoms with Crippen LogP contribution in [0.2, 0.25) is 0 Å². The zero-order chi connectivity index (χ0) is 14.4. The Kier molecular flexibility index (Phi) is 5.56. The fourth-order valence-electron chi connectivity index (χ4n) is 2.41. The first-order valence-electron chi connectivity index (χ1n) is 7.46. The van der Waals surface area contributed by atoms with Crippen LogP contribution in [-0.4, -0.2) is 34.0 Å². The maximum Gasteiger partial charge on any atom is 0.112 e. The maximum atomic E-state index is 10.1. The van der Waals surface area contributed by atoms with Crippen LogP contribution in [0.25, 0.3) is 11.0 Å². The molecule has 4 heteroatoms. The van der Waals surface area contributed by atoms with E-state index < -0.39 is 6.10 Å². The van der Waals surface area contributed by atoms with Crippen LogP contribution in [0.3, 0.4) is 0 Å². The Morgan fingerprint density at radius 3 is 2.80 bits per heavy atom. The average molecular weight is 276 g/mol. The molecule has 20 heavy (non-hydrogen) atoms. The Balaban J connectivity index is 2.01. The van der Waals surface area contributed by atoms with Crippen molar-refractivity contribution in [2.24, 2.45) is 0 Å². The molecule has 1 aromatic heterocycles. The molecule has 4 nitrogen and oxygen atoms in total. The van der Waals surface area contributed by atoms with E-state index in [-0.39, 0.29) is 0 Å². The molecule has 1 atom stereocenters. The quantitative estimate of drug-likeness (QED) is 0.754. The van der Waals surface area contributed by atoms with Crippen molar-refractivity contribution < 1.29 is 9.84 Å². The summed E-state index contributed by atoms with van der Waals surface area (Å²) in [6.07, 6.45) is 1.86. The highest BCUT2D eigenvalue weighted by atomic mass is 16.5. The molecule has 0 bridgehead atoms. The molecule has 0 fully saturated rings. The van der Waals surface area contributed by atoms with Gasteiger partial charge in [0.05, 0.1) is 17.1 Å². The highest BCUT2D eigenvalue weighted by molar-refractivity contribution is 5.75.